The zero-order valence-corrected chi connectivity index (χ0v) is 13.4. The molecule has 1 aromatic heterocycles. The quantitative estimate of drug-likeness (QED) is 0.939. The molecule has 24 heavy (non-hydrogen) atoms. The molecule has 0 bridgehead atoms. The average molecular weight is 317 g/mol. The number of anilines is 2. The van der Waals surface area contributed by atoms with Crippen LogP contribution in [0.3, 0.4) is 0 Å². The van der Waals surface area contributed by atoms with Crippen LogP contribution in [0.5, 0.6) is 0 Å². The number of hydrogen-bond acceptors (Lipinski definition) is 5. The van der Waals surface area contributed by atoms with Crippen LogP contribution < -0.4 is 10.6 Å². The smallest absolute Gasteiger partial charge is 0.143 e. The highest BCUT2D eigenvalue weighted by Crippen LogP contribution is 2.33. The van der Waals surface area contributed by atoms with E-state index in [0.29, 0.717) is 11.5 Å². The molecule has 1 aromatic carbocycles. The van der Waals surface area contributed by atoms with Crippen molar-refractivity contribution in [2.75, 3.05) is 23.7 Å². The molecule has 120 valence electrons. The Morgan fingerprint density at radius 2 is 1.79 bits per heavy atom. The number of nitriles is 2. The monoisotopic (exact) mass is 317 g/mol. The number of benzene rings is 1. The van der Waals surface area contributed by atoms with E-state index in [0.717, 1.165) is 37.3 Å². The summed E-state index contributed by atoms with van der Waals surface area (Å²) in [7, 11) is 0. The molecule has 1 unspecified atom stereocenters. The maximum atomic E-state index is 9.59. The van der Waals surface area contributed by atoms with Gasteiger partial charge in [0.15, 0.2) is 0 Å². The number of aromatic nitrogens is 1. The molecule has 0 saturated carbocycles. The van der Waals surface area contributed by atoms with Crippen molar-refractivity contribution < 1.29 is 0 Å². The lowest BCUT2D eigenvalue weighted by Crippen LogP contribution is -2.36. The van der Waals surface area contributed by atoms with Crippen LogP contribution in [0.25, 0.3) is 0 Å². The fraction of sp³-hybridized carbons (Fsp3) is 0.316. The van der Waals surface area contributed by atoms with Crippen LogP contribution in [0, 0.1) is 28.6 Å². The van der Waals surface area contributed by atoms with Gasteiger partial charge in [0.05, 0.1) is 17.6 Å². The molecule has 1 aliphatic rings. The molecule has 2 aromatic rings. The molecule has 0 spiro atoms. The van der Waals surface area contributed by atoms with Crippen LogP contribution in [0.1, 0.15) is 29.9 Å². The van der Waals surface area contributed by atoms with Crippen molar-refractivity contribution in [1.82, 2.24) is 4.98 Å². The molecule has 2 heterocycles. The van der Waals surface area contributed by atoms with Crippen LogP contribution in [0.15, 0.2) is 42.5 Å². The van der Waals surface area contributed by atoms with Gasteiger partial charge in [-0.05, 0) is 36.5 Å². The molecule has 5 heteroatoms. The highest BCUT2D eigenvalue weighted by atomic mass is 15.2. The highest BCUT2D eigenvalue weighted by molar-refractivity contribution is 5.54. The fourth-order valence-corrected chi connectivity index (χ4v) is 3.31. The number of nitrogens with zero attached hydrogens (tertiary/aromatic N) is 4. The second-order valence-electron chi connectivity index (χ2n) is 6.06. The van der Waals surface area contributed by atoms with E-state index in [-0.39, 0.29) is 11.7 Å². The molecule has 1 atom stereocenters. The highest BCUT2D eigenvalue weighted by Gasteiger charge is 2.28. The van der Waals surface area contributed by atoms with Crippen molar-refractivity contribution >= 4 is 11.6 Å². The summed E-state index contributed by atoms with van der Waals surface area (Å²) in [4.78, 5) is 6.51. The summed E-state index contributed by atoms with van der Waals surface area (Å²) in [5.41, 5.74) is 7.31. The Morgan fingerprint density at radius 1 is 1.08 bits per heavy atom. The molecule has 0 amide bonds. The Kier molecular flexibility index (Phi) is 4.63. The van der Waals surface area contributed by atoms with E-state index in [9.17, 15) is 5.26 Å². The van der Waals surface area contributed by atoms with Crippen LogP contribution in [0.2, 0.25) is 0 Å². The number of hydrogen-bond donors (Lipinski definition) is 1. The lowest BCUT2D eigenvalue weighted by molar-refractivity contribution is 0.377. The zero-order chi connectivity index (χ0) is 16.9. The van der Waals surface area contributed by atoms with Crippen LogP contribution in [-0.4, -0.2) is 18.1 Å². The molecule has 1 saturated heterocycles. The summed E-state index contributed by atoms with van der Waals surface area (Å²) >= 11 is 0. The van der Waals surface area contributed by atoms with Crippen molar-refractivity contribution in [1.29, 1.82) is 10.5 Å². The first-order valence-corrected chi connectivity index (χ1v) is 8.09. The van der Waals surface area contributed by atoms with Gasteiger partial charge in [-0.1, -0.05) is 30.3 Å². The van der Waals surface area contributed by atoms with Crippen molar-refractivity contribution in [2.24, 2.45) is 5.92 Å². The van der Waals surface area contributed by atoms with E-state index < -0.39 is 0 Å². The van der Waals surface area contributed by atoms with Gasteiger partial charge in [-0.25, -0.2) is 4.98 Å². The van der Waals surface area contributed by atoms with Gasteiger partial charge in [0.1, 0.15) is 17.7 Å². The summed E-state index contributed by atoms with van der Waals surface area (Å²) in [6.07, 6.45) is 1.88. The fourth-order valence-electron chi connectivity index (χ4n) is 3.31. The first kappa shape index (κ1) is 15.8. The summed E-state index contributed by atoms with van der Waals surface area (Å²) in [5.74, 6) is 1.37. The topological polar surface area (TPSA) is 89.7 Å². The number of pyridine rings is 1. The van der Waals surface area contributed by atoms with E-state index >= 15 is 0 Å². The number of rotatable bonds is 3. The predicted octanol–water partition coefficient (Wildman–Crippen LogP) is 3.06. The third-order valence-electron chi connectivity index (χ3n) is 4.66. The second kappa shape index (κ2) is 7.02. The van der Waals surface area contributed by atoms with Gasteiger partial charge in [-0.3, -0.25) is 0 Å². The summed E-state index contributed by atoms with van der Waals surface area (Å²) in [6.45, 7) is 1.68. The lowest BCUT2D eigenvalue weighted by atomic mass is 9.81. The van der Waals surface area contributed by atoms with Gasteiger partial charge >= 0.3 is 0 Å². The van der Waals surface area contributed by atoms with E-state index in [1.807, 2.05) is 42.5 Å². The molecule has 1 fully saturated rings. The molecule has 5 nitrogen and oxygen atoms in total. The maximum Gasteiger partial charge on any atom is 0.143 e. The van der Waals surface area contributed by atoms with Gasteiger partial charge in [0.25, 0.3) is 0 Å². The minimum atomic E-state index is -0.0626. The molecule has 0 radical (unpaired) electrons. The van der Waals surface area contributed by atoms with Crippen LogP contribution >= 0.6 is 0 Å². The Labute approximate surface area is 142 Å². The number of piperidine rings is 1. The van der Waals surface area contributed by atoms with E-state index in [2.05, 4.69) is 16.0 Å². The van der Waals surface area contributed by atoms with Crippen LogP contribution in [-0.2, 0) is 0 Å². The first-order chi connectivity index (χ1) is 11.7. The Hall–Kier alpha value is -3.05. The predicted molar refractivity (Wildman–Crippen MR) is 93.1 cm³/mol. The van der Waals surface area contributed by atoms with E-state index in [1.165, 1.54) is 0 Å². The van der Waals surface area contributed by atoms with Gasteiger partial charge in [-0.15, -0.1) is 0 Å². The Balaban J connectivity index is 1.69. The van der Waals surface area contributed by atoms with Gasteiger partial charge in [0, 0.05) is 13.1 Å². The average Bonchev–Trinajstić information content (AvgIpc) is 2.64. The molecular formula is C19H19N5. The maximum absolute atomic E-state index is 9.59. The molecule has 3 rings (SSSR count). The van der Waals surface area contributed by atoms with Crippen molar-refractivity contribution in [3.05, 3.63) is 53.6 Å². The third kappa shape index (κ3) is 3.16. The molecule has 1 aliphatic heterocycles. The largest absolute Gasteiger partial charge is 0.383 e. The SMILES string of the molecule is N#Cc1ccc(N2CCC(C(C#N)c3ccccc3)CC2)nc1N. The van der Waals surface area contributed by atoms with Gasteiger partial charge in [-0.2, -0.15) is 10.5 Å². The van der Waals surface area contributed by atoms with E-state index in [1.54, 1.807) is 6.07 Å². The Bertz CT molecular complexity index is 780. The van der Waals surface area contributed by atoms with Crippen molar-refractivity contribution in [3.63, 3.8) is 0 Å². The van der Waals surface area contributed by atoms with Crippen molar-refractivity contribution in [3.8, 4) is 12.1 Å². The van der Waals surface area contributed by atoms with Crippen molar-refractivity contribution in [2.45, 2.75) is 18.8 Å². The first-order valence-electron chi connectivity index (χ1n) is 8.09. The third-order valence-corrected chi connectivity index (χ3v) is 4.66. The Morgan fingerprint density at radius 3 is 2.38 bits per heavy atom. The summed E-state index contributed by atoms with van der Waals surface area (Å²) in [6, 6.07) is 18.1. The minimum Gasteiger partial charge on any atom is -0.383 e. The normalized spacial score (nSPS) is 16.2. The summed E-state index contributed by atoms with van der Waals surface area (Å²) < 4.78 is 0. The molecular weight excluding hydrogens is 298 g/mol. The second-order valence-corrected chi connectivity index (χ2v) is 6.06. The van der Waals surface area contributed by atoms with Gasteiger partial charge < -0.3 is 10.6 Å². The van der Waals surface area contributed by atoms with Crippen LogP contribution in [0.4, 0.5) is 11.6 Å². The van der Waals surface area contributed by atoms with E-state index in [4.69, 9.17) is 11.0 Å². The number of nitrogen functional groups attached to an aromatic ring is 1. The minimum absolute atomic E-state index is 0.0626. The van der Waals surface area contributed by atoms with Gasteiger partial charge in [0.2, 0.25) is 0 Å². The zero-order valence-electron chi connectivity index (χ0n) is 13.4. The molecule has 2 N–H and O–H groups in total. The summed E-state index contributed by atoms with van der Waals surface area (Å²) in [5, 5.41) is 18.5. The number of nitrogens with two attached hydrogens (primary N) is 1. The molecule has 0 aliphatic carbocycles. The lowest BCUT2D eigenvalue weighted by Gasteiger charge is -2.34. The standard InChI is InChI=1S/C19H19N5/c20-12-16-6-7-18(23-19(16)22)24-10-8-15(9-11-24)17(13-21)14-4-2-1-3-5-14/h1-7,15,17H,8-11H2,(H2,22,23).